The van der Waals surface area contributed by atoms with Crippen molar-refractivity contribution in [1.82, 2.24) is 5.32 Å². The summed E-state index contributed by atoms with van der Waals surface area (Å²) >= 11 is 0. The van der Waals surface area contributed by atoms with Gasteiger partial charge in [0.2, 0.25) is 5.91 Å². The Kier molecular flexibility index (Phi) is 7.29. The molecule has 0 bridgehead atoms. The molecule has 0 fully saturated rings. The summed E-state index contributed by atoms with van der Waals surface area (Å²) in [7, 11) is 0. The van der Waals surface area contributed by atoms with Crippen molar-refractivity contribution in [2.75, 3.05) is 19.8 Å². The Labute approximate surface area is 90.9 Å². The highest BCUT2D eigenvalue weighted by Crippen LogP contribution is 1.99. The van der Waals surface area contributed by atoms with Crippen LogP contribution in [0.15, 0.2) is 12.2 Å². The molecule has 0 aromatic heterocycles. The number of nitrogens with zero attached hydrogens (tertiary/aromatic N) is 1. The average molecular weight is 210 g/mol. The van der Waals surface area contributed by atoms with Crippen LogP contribution in [0.3, 0.4) is 0 Å². The van der Waals surface area contributed by atoms with Gasteiger partial charge in [0.15, 0.2) is 0 Å². The highest BCUT2D eigenvalue weighted by molar-refractivity contribution is 5.80. The maximum atomic E-state index is 11.3. The van der Waals surface area contributed by atoms with Crippen LogP contribution in [0.4, 0.5) is 0 Å². The van der Waals surface area contributed by atoms with Crippen molar-refractivity contribution in [3.8, 4) is 6.07 Å². The maximum Gasteiger partial charge on any atom is 0.237 e. The van der Waals surface area contributed by atoms with Crippen LogP contribution in [0.5, 0.6) is 0 Å². The minimum absolute atomic E-state index is 0.223. The number of carbonyl (C=O) groups excluding carboxylic acids is 1. The van der Waals surface area contributed by atoms with E-state index in [-0.39, 0.29) is 5.91 Å². The summed E-state index contributed by atoms with van der Waals surface area (Å²) < 4.78 is 5.20. The van der Waals surface area contributed by atoms with Crippen molar-refractivity contribution >= 4 is 5.91 Å². The summed E-state index contributed by atoms with van der Waals surface area (Å²) in [6.07, 6.45) is 0.537. The zero-order chi connectivity index (χ0) is 11.7. The van der Waals surface area contributed by atoms with Gasteiger partial charge in [-0.2, -0.15) is 5.26 Å². The molecule has 0 saturated carbocycles. The van der Waals surface area contributed by atoms with Crippen LogP contribution in [0, 0.1) is 17.2 Å². The topological polar surface area (TPSA) is 62.1 Å². The minimum Gasteiger partial charge on any atom is -0.375 e. The van der Waals surface area contributed by atoms with Crippen LogP contribution in [-0.4, -0.2) is 25.7 Å². The molecule has 0 aromatic rings. The molecule has 4 nitrogen and oxygen atoms in total. The number of amides is 1. The smallest absolute Gasteiger partial charge is 0.237 e. The summed E-state index contributed by atoms with van der Waals surface area (Å²) in [4.78, 5) is 11.3. The Balaban J connectivity index is 3.55. The first-order chi connectivity index (χ1) is 7.11. The summed E-state index contributed by atoms with van der Waals surface area (Å²) in [5.41, 5.74) is 0.949. The first-order valence-corrected chi connectivity index (χ1v) is 5.01. The van der Waals surface area contributed by atoms with E-state index in [4.69, 9.17) is 10.00 Å². The Bertz CT molecular complexity index is 256. The second kappa shape index (κ2) is 8.01. The lowest BCUT2D eigenvalue weighted by molar-refractivity contribution is -0.123. The van der Waals surface area contributed by atoms with Crippen molar-refractivity contribution in [3.05, 3.63) is 12.2 Å². The summed E-state index contributed by atoms with van der Waals surface area (Å²) in [5, 5.41) is 11.3. The second-order valence-electron chi connectivity index (χ2n) is 3.39. The molecule has 0 aliphatic heterocycles. The van der Waals surface area contributed by atoms with Gasteiger partial charge in [-0.25, -0.2) is 0 Å². The van der Waals surface area contributed by atoms with Crippen LogP contribution in [0.25, 0.3) is 0 Å². The quantitative estimate of drug-likeness (QED) is 0.508. The van der Waals surface area contributed by atoms with E-state index in [1.165, 1.54) is 0 Å². The fraction of sp³-hybridized carbons (Fsp3) is 0.636. The number of ether oxygens (including phenoxy) is 1. The molecular weight excluding hydrogens is 192 g/mol. The van der Waals surface area contributed by atoms with Gasteiger partial charge in [0, 0.05) is 6.54 Å². The van der Waals surface area contributed by atoms with Gasteiger partial charge in [-0.05, 0) is 13.3 Å². The monoisotopic (exact) mass is 210 g/mol. The lowest BCUT2D eigenvalue weighted by Gasteiger charge is -2.08. The number of rotatable bonds is 7. The van der Waals surface area contributed by atoms with Crippen molar-refractivity contribution in [1.29, 1.82) is 5.26 Å². The lowest BCUT2D eigenvalue weighted by atomic mass is 10.1. The lowest BCUT2D eigenvalue weighted by Crippen LogP contribution is -2.32. The van der Waals surface area contributed by atoms with Crippen LogP contribution >= 0.6 is 0 Å². The van der Waals surface area contributed by atoms with Crippen LogP contribution in [-0.2, 0) is 9.53 Å². The molecular formula is C11H18N2O2. The molecule has 0 radical (unpaired) electrons. The molecule has 15 heavy (non-hydrogen) atoms. The summed E-state index contributed by atoms with van der Waals surface area (Å²) in [6.45, 7) is 8.76. The number of hydrogen-bond donors (Lipinski definition) is 1. The van der Waals surface area contributed by atoms with Gasteiger partial charge in [-0.15, -0.1) is 0 Å². The predicted molar refractivity (Wildman–Crippen MR) is 58.0 cm³/mol. The van der Waals surface area contributed by atoms with E-state index in [9.17, 15) is 4.79 Å². The van der Waals surface area contributed by atoms with Gasteiger partial charge in [0.1, 0.15) is 5.92 Å². The van der Waals surface area contributed by atoms with Crippen LogP contribution < -0.4 is 5.32 Å². The van der Waals surface area contributed by atoms with Crippen molar-refractivity contribution in [2.45, 2.75) is 20.3 Å². The van der Waals surface area contributed by atoms with Gasteiger partial charge in [-0.1, -0.05) is 19.1 Å². The Morgan fingerprint density at radius 2 is 2.33 bits per heavy atom. The van der Waals surface area contributed by atoms with E-state index < -0.39 is 5.92 Å². The zero-order valence-corrected chi connectivity index (χ0v) is 9.38. The fourth-order valence-corrected chi connectivity index (χ4v) is 0.951. The number of nitrogens with one attached hydrogen (secondary N) is 1. The second-order valence-corrected chi connectivity index (χ2v) is 3.39. The van der Waals surface area contributed by atoms with E-state index >= 15 is 0 Å². The molecule has 0 aliphatic carbocycles. The molecule has 1 unspecified atom stereocenters. The zero-order valence-electron chi connectivity index (χ0n) is 9.38. The van der Waals surface area contributed by atoms with Crippen LogP contribution in [0.1, 0.15) is 20.3 Å². The van der Waals surface area contributed by atoms with Gasteiger partial charge >= 0.3 is 0 Å². The van der Waals surface area contributed by atoms with Gasteiger partial charge in [-0.3, -0.25) is 4.79 Å². The standard InChI is InChI=1S/C11H18N2O2/c1-4-10(7-12)11(14)13-5-6-15-8-9(2)3/h10H,2,4-6,8H2,1,3H3,(H,13,14). The van der Waals surface area contributed by atoms with E-state index in [1.54, 1.807) is 0 Å². The van der Waals surface area contributed by atoms with Crippen molar-refractivity contribution in [2.24, 2.45) is 5.92 Å². The normalized spacial score (nSPS) is 11.5. The maximum absolute atomic E-state index is 11.3. The minimum atomic E-state index is -0.550. The number of nitriles is 1. The first-order valence-electron chi connectivity index (χ1n) is 5.01. The summed E-state index contributed by atoms with van der Waals surface area (Å²) in [5.74, 6) is -0.773. The first kappa shape index (κ1) is 13.7. The third-order valence-electron chi connectivity index (χ3n) is 1.77. The Hall–Kier alpha value is -1.34. The molecule has 1 N–H and O–H groups in total. The molecule has 0 heterocycles. The van der Waals surface area contributed by atoms with Gasteiger partial charge < -0.3 is 10.1 Å². The molecule has 1 atom stereocenters. The van der Waals surface area contributed by atoms with Gasteiger partial charge in [0.05, 0.1) is 19.3 Å². The number of hydrogen-bond acceptors (Lipinski definition) is 3. The third-order valence-corrected chi connectivity index (χ3v) is 1.77. The van der Waals surface area contributed by atoms with Crippen LogP contribution in [0.2, 0.25) is 0 Å². The SMILES string of the molecule is C=C(C)COCCNC(=O)C(C#N)CC. The third kappa shape index (κ3) is 6.69. The molecule has 0 saturated heterocycles. The largest absolute Gasteiger partial charge is 0.375 e. The molecule has 4 heteroatoms. The van der Waals surface area contributed by atoms with E-state index in [1.807, 2.05) is 19.9 Å². The summed E-state index contributed by atoms with van der Waals surface area (Å²) in [6, 6.07) is 1.94. The van der Waals surface area contributed by atoms with E-state index in [2.05, 4.69) is 11.9 Å². The Morgan fingerprint density at radius 1 is 1.67 bits per heavy atom. The van der Waals surface area contributed by atoms with E-state index in [0.717, 1.165) is 5.57 Å². The molecule has 0 rings (SSSR count). The highest BCUT2D eigenvalue weighted by Gasteiger charge is 2.13. The van der Waals surface area contributed by atoms with Gasteiger partial charge in [0.25, 0.3) is 0 Å². The van der Waals surface area contributed by atoms with E-state index in [0.29, 0.717) is 26.2 Å². The Morgan fingerprint density at radius 3 is 2.80 bits per heavy atom. The molecule has 0 spiro atoms. The molecule has 0 aliphatic rings. The average Bonchev–Trinajstić information content (AvgIpc) is 2.18. The fourth-order valence-electron chi connectivity index (χ4n) is 0.951. The molecule has 84 valence electrons. The predicted octanol–water partition coefficient (Wildman–Crippen LogP) is 1.25. The molecule has 0 aromatic carbocycles. The highest BCUT2D eigenvalue weighted by atomic mass is 16.5. The van der Waals surface area contributed by atoms with Crippen molar-refractivity contribution in [3.63, 3.8) is 0 Å². The number of carbonyl (C=O) groups is 1. The van der Waals surface area contributed by atoms with Crippen molar-refractivity contribution < 1.29 is 9.53 Å². The molecule has 1 amide bonds.